The predicted molar refractivity (Wildman–Crippen MR) is 67.8 cm³/mol. The van der Waals surface area contributed by atoms with Crippen molar-refractivity contribution in [2.24, 2.45) is 0 Å². The molecule has 1 aromatic heterocycles. The number of aliphatic hydroxyl groups is 1. The zero-order valence-corrected chi connectivity index (χ0v) is 10.3. The van der Waals surface area contributed by atoms with Gasteiger partial charge in [-0.25, -0.2) is 4.98 Å². The number of hydrogen-bond donors (Lipinski definition) is 2. The molecular formula is C12H14N2O2S. The standard InChI is InChI=1S/C12H14N2O2S/c1-8-6-16-12(14-8)17-7-11(15)9-3-2-4-10(13)5-9/h2-6,11,15H,7,13H2,1H3. The second-order valence-corrected chi connectivity index (χ2v) is 4.72. The average molecular weight is 250 g/mol. The molecule has 5 heteroatoms. The van der Waals surface area contributed by atoms with Crippen molar-refractivity contribution in [3.63, 3.8) is 0 Å². The van der Waals surface area contributed by atoms with Gasteiger partial charge in [0.1, 0.15) is 6.26 Å². The highest BCUT2D eigenvalue weighted by molar-refractivity contribution is 7.99. The molecule has 1 heterocycles. The fourth-order valence-electron chi connectivity index (χ4n) is 1.41. The minimum Gasteiger partial charge on any atom is -0.440 e. The molecular weight excluding hydrogens is 236 g/mol. The first kappa shape index (κ1) is 12.0. The van der Waals surface area contributed by atoms with Gasteiger partial charge in [-0.2, -0.15) is 0 Å². The highest BCUT2D eigenvalue weighted by Crippen LogP contribution is 2.24. The van der Waals surface area contributed by atoms with Gasteiger partial charge in [0, 0.05) is 11.4 Å². The Hall–Kier alpha value is -1.46. The predicted octanol–water partition coefficient (Wildman–Crippen LogP) is 2.39. The van der Waals surface area contributed by atoms with Gasteiger partial charge in [-0.15, -0.1) is 0 Å². The summed E-state index contributed by atoms with van der Waals surface area (Å²) in [5, 5.41) is 10.5. The summed E-state index contributed by atoms with van der Waals surface area (Å²) < 4.78 is 5.19. The van der Waals surface area contributed by atoms with E-state index in [1.807, 2.05) is 19.1 Å². The third-order valence-corrected chi connectivity index (χ3v) is 3.17. The number of oxazole rings is 1. The molecule has 4 nitrogen and oxygen atoms in total. The average Bonchev–Trinajstić information content (AvgIpc) is 2.72. The molecule has 17 heavy (non-hydrogen) atoms. The molecule has 90 valence electrons. The van der Waals surface area contributed by atoms with Crippen LogP contribution in [0.5, 0.6) is 0 Å². The highest BCUT2D eigenvalue weighted by Gasteiger charge is 2.10. The highest BCUT2D eigenvalue weighted by atomic mass is 32.2. The number of nitrogens with zero attached hydrogens (tertiary/aromatic N) is 1. The van der Waals surface area contributed by atoms with Crippen molar-refractivity contribution < 1.29 is 9.52 Å². The molecule has 0 saturated carbocycles. The van der Waals surface area contributed by atoms with Crippen LogP contribution in [0.1, 0.15) is 17.4 Å². The van der Waals surface area contributed by atoms with E-state index in [2.05, 4.69) is 4.98 Å². The van der Waals surface area contributed by atoms with Crippen LogP contribution in [0, 0.1) is 6.92 Å². The lowest BCUT2D eigenvalue weighted by atomic mass is 10.1. The molecule has 0 fully saturated rings. The van der Waals surface area contributed by atoms with Crippen LogP contribution >= 0.6 is 11.8 Å². The third-order valence-electron chi connectivity index (χ3n) is 2.26. The van der Waals surface area contributed by atoms with Crippen LogP contribution in [0.4, 0.5) is 5.69 Å². The van der Waals surface area contributed by atoms with Gasteiger partial charge in [0.05, 0.1) is 11.8 Å². The normalized spacial score (nSPS) is 12.6. The molecule has 0 amide bonds. The summed E-state index contributed by atoms with van der Waals surface area (Å²) in [4.78, 5) is 4.15. The van der Waals surface area contributed by atoms with Crippen LogP contribution in [0.2, 0.25) is 0 Å². The number of aromatic nitrogens is 1. The monoisotopic (exact) mass is 250 g/mol. The molecule has 2 rings (SSSR count). The Bertz CT molecular complexity index is 499. The molecule has 0 saturated heterocycles. The number of nitrogen functional groups attached to an aromatic ring is 1. The van der Waals surface area contributed by atoms with Gasteiger partial charge in [0.25, 0.3) is 5.22 Å². The van der Waals surface area contributed by atoms with Gasteiger partial charge in [-0.05, 0) is 24.6 Å². The fourth-order valence-corrected chi connectivity index (χ4v) is 2.23. The number of benzene rings is 1. The van der Waals surface area contributed by atoms with E-state index in [9.17, 15) is 5.11 Å². The summed E-state index contributed by atoms with van der Waals surface area (Å²) in [6.07, 6.45) is 1.02. The number of hydrogen-bond acceptors (Lipinski definition) is 5. The topological polar surface area (TPSA) is 72.3 Å². The van der Waals surface area contributed by atoms with Crippen LogP contribution in [0.3, 0.4) is 0 Å². The maximum atomic E-state index is 9.97. The molecule has 1 unspecified atom stereocenters. The molecule has 0 spiro atoms. The molecule has 2 aromatic rings. The lowest BCUT2D eigenvalue weighted by Crippen LogP contribution is -2.01. The van der Waals surface area contributed by atoms with Gasteiger partial charge in [0.15, 0.2) is 0 Å². The molecule has 0 radical (unpaired) electrons. The van der Waals surface area contributed by atoms with E-state index in [0.29, 0.717) is 16.7 Å². The van der Waals surface area contributed by atoms with Crippen molar-refractivity contribution in [1.29, 1.82) is 0 Å². The zero-order valence-electron chi connectivity index (χ0n) is 9.46. The molecule has 1 atom stereocenters. The Kier molecular flexibility index (Phi) is 3.71. The summed E-state index contributed by atoms with van der Waals surface area (Å²) in [5.74, 6) is 0.489. The summed E-state index contributed by atoms with van der Waals surface area (Å²) in [6, 6.07) is 7.24. The summed E-state index contributed by atoms with van der Waals surface area (Å²) >= 11 is 1.38. The number of anilines is 1. The van der Waals surface area contributed by atoms with Gasteiger partial charge >= 0.3 is 0 Å². The van der Waals surface area contributed by atoms with Crippen LogP contribution < -0.4 is 5.73 Å². The van der Waals surface area contributed by atoms with Crippen LogP contribution in [-0.2, 0) is 0 Å². The van der Waals surface area contributed by atoms with Crippen molar-refractivity contribution in [3.05, 3.63) is 41.8 Å². The Labute approximate surface area is 104 Å². The Morgan fingerprint density at radius 3 is 3.00 bits per heavy atom. The van der Waals surface area contributed by atoms with Crippen molar-refractivity contribution >= 4 is 17.4 Å². The minimum absolute atomic E-state index is 0.489. The SMILES string of the molecule is Cc1coc(SCC(O)c2cccc(N)c2)n1. The maximum absolute atomic E-state index is 9.97. The molecule has 0 aliphatic rings. The first-order valence-corrected chi connectivity index (χ1v) is 6.22. The van der Waals surface area contributed by atoms with Crippen molar-refractivity contribution in [2.45, 2.75) is 18.3 Å². The number of thioether (sulfide) groups is 1. The first-order valence-electron chi connectivity index (χ1n) is 5.23. The van der Waals surface area contributed by atoms with E-state index in [1.54, 1.807) is 18.4 Å². The molecule has 1 aromatic carbocycles. The van der Waals surface area contributed by atoms with E-state index in [4.69, 9.17) is 10.2 Å². The smallest absolute Gasteiger partial charge is 0.255 e. The summed E-state index contributed by atoms with van der Waals surface area (Å²) in [6.45, 7) is 1.86. The second-order valence-electron chi connectivity index (χ2n) is 3.75. The van der Waals surface area contributed by atoms with E-state index in [1.165, 1.54) is 11.8 Å². The molecule has 3 N–H and O–H groups in total. The Morgan fingerprint density at radius 2 is 2.35 bits per heavy atom. The molecule has 0 bridgehead atoms. The number of nitrogens with two attached hydrogens (primary N) is 1. The van der Waals surface area contributed by atoms with E-state index < -0.39 is 6.10 Å². The van der Waals surface area contributed by atoms with Gasteiger partial charge in [0.2, 0.25) is 0 Å². The quantitative estimate of drug-likeness (QED) is 0.644. The van der Waals surface area contributed by atoms with Gasteiger partial charge in [-0.1, -0.05) is 23.9 Å². The number of aliphatic hydroxyl groups excluding tert-OH is 1. The van der Waals surface area contributed by atoms with Crippen molar-refractivity contribution in [1.82, 2.24) is 4.98 Å². The van der Waals surface area contributed by atoms with Gasteiger partial charge in [-0.3, -0.25) is 0 Å². The van der Waals surface area contributed by atoms with Crippen LogP contribution in [0.15, 0.2) is 40.2 Å². The summed E-state index contributed by atoms with van der Waals surface area (Å²) in [7, 11) is 0. The number of aryl methyl sites for hydroxylation is 1. The van der Waals surface area contributed by atoms with Gasteiger partial charge < -0.3 is 15.3 Å². The van der Waals surface area contributed by atoms with E-state index >= 15 is 0 Å². The van der Waals surface area contributed by atoms with E-state index in [0.717, 1.165) is 11.3 Å². The number of rotatable bonds is 4. The van der Waals surface area contributed by atoms with Crippen molar-refractivity contribution in [3.8, 4) is 0 Å². The minimum atomic E-state index is -0.573. The third kappa shape index (κ3) is 3.25. The first-order chi connectivity index (χ1) is 8.15. The molecule has 0 aliphatic heterocycles. The lowest BCUT2D eigenvalue weighted by Gasteiger charge is -2.09. The zero-order chi connectivity index (χ0) is 12.3. The van der Waals surface area contributed by atoms with Crippen LogP contribution in [-0.4, -0.2) is 15.8 Å². The van der Waals surface area contributed by atoms with Crippen LogP contribution in [0.25, 0.3) is 0 Å². The Balaban J connectivity index is 1.95. The lowest BCUT2D eigenvalue weighted by molar-refractivity contribution is 0.204. The maximum Gasteiger partial charge on any atom is 0.255 e. The van der Waals surface area contributed by atoms with Crippen molar-refractivity contribution in [2.75, 3.05) is 11.5 Å². The Morgan fingerprint density at radius 1 is 1.53 bits per heavy atom. The summed E-state index contributed by atoms with van der Waals surface area (Å²) in [5.41, 5.74) is 7.95. The molecule has 0 aliphatic carbocycles. The fraction of sp³-hybridized carbons (Fsp3) is 0.250. The largest absolute Gasteiger partial charge is 0.440 e. The second kappa shape index (κ2) is 5.25. The van der Waals surface area contributed by atoms with E-state index in [-0.39, 0.29) is 0 Å².